The number of carbonyl (C=O) groups is 1. The number of aromatic nitrogens is 2. The molecule has 1 aromatic rings. The Balaban J connectivity index is 2.00. The third-order valence-electron chi connectivity index (χ3n) is 2.70. The number of halogens is 2. The molecule has 0 aromatic carbocycles. The summed E-state index contributed by atoms with van der Waals surface area (Å²) in [5.74, 6) is 0.449. The standard InChI is InChI=1S/C11H12Cl2N2O3S/c1-18-9(17)3-7-2-8(16)15-10(14-7)19-5-6-4-11(6,12)13/h2,6H,3-5H2,1H3,(H,14,15,16)/t6-/m0/s1. The Morgan fingerprint density at radius 1 is 1.68 bits per heavy atom. The maximum Gasteiger partial charge on any atom is 0.311 e. The number of hydrogen-bond donors (Lipinski definition) is 1. The fourth-order valence-corrected chi connectivity index (χ4v) is 3.32. The fourth-order valence-electron chi connectivity index (χ4n) is 1.49. The Morgan fingerprint density at radius 3 is 2.95 bits per heavy atom. The number of carbonyl (C=O) groups excluding carboxylic acids is 1. The van der Waals surface area contributed by atoms with Crippen LogP contribution in [0.3, 0.4) is 0 Å². The maximum atomic E-state index is 11.5. The molecule has 104 valence electrons. The van der Waals surface area contributed by atoms with E-state index in [0.29, 0.717) is 16.6 Å². The van der Waals surface area contributed by atoms with Gasteiger partial charge in [-0.1, -0.05) is 11.8 Å². The van der Waals surface area contributed by atoms with Gasteiger partial charge in [0.25, 0.3) is 5.56 Å². The van der Waals surface area contributed by atoms with E-state index in [4.69, 9.17) is 23.2 Å². The van der Waals surface area contributed by atoms with Crippen molar-refractivity contribution < 1.29 is 9.53 Å². The first-order chi connectivity index (χ1) is 8.90. The molecule has 1 saturated carbocycles. The number of methoxy groups -OCH3 is 1. The first-order valence-electron chi connectivity index (χ1n) is 5.58. The van der Waals surface area contributed by atoms with Gasteiger partial charge in [0, 0.05) is 17.7 Å². The van der Waals surface area contributed by atoms with Crippen molar-refractivity contribution >= 4 is 40.9 Å². The minimum atomic E-state index is -0.642. The molecule has 0 saturated heterocycles. The van der Waals surface area contributed by atoms with Crippen LogP contribution in [-0.2, 0) is 16.0 Å². The van der Waals surface area contributed by atoms with Crippen LogP contribution < -0.4 is 5.56 Å². The van der Waals surface area contributed by atoms with Crippen LogP contribution in [0.4, 0.5) is 0 Å². The van der Waals surface area contributed by atoms with Gasteiger partial charge in [-0.15, -0.1) is 23.2 Å². The highest BCUT2D eigenvalue weighted by molar-refractivity contribution is 7.99. The molecule has 1 atom stereocenters. The van der Waals surface area contributed by atoms with Gasteiger partial charge in [-0.05, 0) is 6.42 Å². The van der Waals surface area contributed by atoms with Crippen LogP contribution in [0.5, 0.6) is 0 Å². The second-order valence-corrected chi connectivity index (χ2v) is 6.82. The quantitative estimate of drug-likeness (QED) is 0.387. The normalized spacial score (nSPS) is 20.1. The zero-order valence-electron chi connectivity index (χ0n) is 10.1. The van der Waals surface area contributed by atoms with Gasteiger partial charge in [0.05, 0.1) is 19.2 Å². The van der Waals surface area contributed by atoms with E-state index in [1.165, 1.54) is 24.9 Å². The second-order valence-electron chi connectivity index (χ2n) is 4.27. The summed E-state index contributed by atoms with van der Waals surface area (Å²) in [4.78, 5) is 29.4. The van der Waals surface area contributed by atoms with E-state index in [1.54, 1.807) is 0 Å². The van der Waals surface area contributed by atoms with Gasteiger partial charge in [0.2, 0.25) is 0 Å². The predicted octanol–water partition coefficient (Wildman–Crippen LogP) is 1.77. The zero-order chi connectivity index (χ0) is 14.0. The highest BCUT2D eigenvalue weighted by Crippen LogP contribution is 2.54. The summed E-state index contributed by atoms with van der Waals surface area (Å²) in [6.07, 6.45) is 0.724. The number of aromatic amines is 1. The van der Waals surface area contributed by atoms with E-state index in [0.717, 1.165) is 6.42 Å². The van der Waals surface area contributed by atoms with Gasteiger partial charge in [-0.25, -0.2) is 4.98 Å². The van der Waals surface area contributed by atoms with Crippen molar-refractivity contribution in [2.45, 2.75) is 22.3 Å². The van der Waals surface area contributed by atoms with Crippen molar-refractivity contribution in [2.24, 2.45) is 5.92 Å². The summed E-state index contributed by atoms with van der Waals surface area (Å²) >= 11 is 13.2. The average Bonchev–Trinajstić information content (AvgIpc) is 2.93. The number of hydrogen-bond acceptors (Lipinski definition) is 5. The molecule has 1 aromatic heterocycles. The summed E-state index contributed by atoms with van der Waals surface area (Å²) in [7, 11) is 1.29. The lowest BCUT2D eigenvalue weighted by Gasteiger charge is -2.03. The summed E-state index contributed by atoms with van der Waals surface area (Å²) in [6, 6.07) is 1.28. The third kappa shape index (κ3) is 4.12. The fraction of sp³-hybridized carbons (Fsp3) is 0.545. The summed E-state index contributed by atoms with van der Waals surface area (Å²) < 4.78 is 3.89. The number of ether oxygens (including phenoxy) is 1. The minimum absolute atomic E-state index is 0.0215. The van der Waals surface area contributed by atoms with Gasteiger partial charge in [0.1, 0.15) is 4.33 Å². The Labute approximate surface area is 124 Å². The van der Waals surface area contributed by atoms with E-state index in [1.807, 2.05) is 0 Å². The van der Waals surface area contributed by atoms with Crippen LogP contribution in [0.15, 0.2) is 16.0 Å². The molecule has 0 radical (unpaired) electrons. The molecule has 1 aliphatic rings. The lowest BCUT2D eigenvalue weighted by molar-refractivity contribution is -0.139. The van der Waals surface area contributed by atoms with Crippen LogP contribution in [0.25, 0.3) is 0 Å². The summed E-state index contributed by atoms with van der Waals surface area (Å²) in [5.41, 5.74) is 0.0899. The second kappa shape index (κ2) is 5.73. The van der Waals surface area contributed by atoms with E-state index in [2.05, 4.69) is 14.7 Å². The number of thioether (sulfide) groups is 1. The topological polar surface area (TPSA) is 72.1 Å². The van der Waals surface area contributed by atoms with Crippen molar-refractivity contribution in [1.29, 1.82) is 0 Å². The molecule has 1 fully saturated rings. The summed E-state index contributed by atoms with van der Waals surface area (Å²) in [6.45, 7) is 0. The molecule has 0 unspecified atom stereocenters. The number of H-pyrrole nitrogens is 1. The number of nitrogens with one attached hydrogen (secondary N) is 1. The van der Waals surface area contributed by atoms with E-state index >= 15 is 0 Å². The first-order valence-corrected chi connectivity index (χ1v) is 7.32. The van der Waals surface area contributed by atoms with Crippen molar-refractivity contribution in [1.82, 2.24) is 9.97 Å². The highest BCUT2D eigenvalue weighted by Gasteiger charge is 2.51. The number of rotatable bonds is 5. The molecule has 0 amide bonds. The van der Waals surface area contributed by atoms with Crippen LogP contribution in [-0.4, -0.2) is 33.1 Å². The minimum Gasteiger partial charge on any atom is -0.469 e. The van der Waals surface area contributed by atoms with Gasteiger partial charge in [0.15, 0.2) is 5.16 Å². The molecule has 1 aliphatic carbocycles. The monoisotopic (exact) mass is 322 g/mol. The Kier molecular flexibility index (Phi) is 4.43. The molecule has 2 rings (SSSR count). The number of alkyl halides is 2. The summed E-state index contributed by atoms with van der Waals surface area (Å²) in [5, 5.41) is 0.461. The molecular weight excluding hydrogens is 311 g/mol. The van der Waals surface area contributed by atoms with Crippen LogP contribution in [0.1, 0.15) is 12.1 Å². The maximum absolute atomic E-state index is 11.5. The average molecular weight is 323 g/mol. The lowest BCUT2D eigenvalue weighted by Crippen LogP contribution is -2.14. The van der Waals surface area contributed by atoms with Gasteiger partial charge in [-0.2, -0.15) is 0 Å². The molecule has 8 heteroatoms. The van der Waals surface area contributed by atoms with Crippen molar-refractivity contribution in [3.63, 3.8) is 0 Å². The van der Waals surface area contributed by atoms with Crippen molar-refractivity contribution in [3.05, 3.63) is 22.1 Å². The smallest absolute Gasteiger partial charge is 0.311 e. The molecule has 1 N–H and O–H groups in total. The first kappa shape index (κ1) is 14.7. The van der Waals surface area contributed by atoms with Crippen molar-refractivity contribution in [3.8, 4) is 0 Å². The predicted molar refractivity (Wildman–Crippen MR) is 73.8 cm³/mol. The zero-order valence-corrected chi connectivity index (χ0v) is 12.4. The molecule has 0 aliphatic heterocycles. The van der Waals surface area contributed by atoms with Crippen molar-refractivity contribution in [2.75, 3.05) is 12.9 Å². The van der Waals surface area contributed by atoms with Gasteiger partial charge < -0.3 is 9.72 Å². The Bertz CT molecular complexity index is 547. The van der Waals surface area contributed by atoms with Crippen LogP contribution in [0.2, 0.25) is 0 Å². The molecule has 0 spiro atoms. The Morgan fingerprint density at radius 2 is 2.37 bits per heavy atom. The number of esters is 1. The molecular formula is C11H12Cl2N2O3S. The van der Waals surface area contributed by atoms with E-state index in [-0.39, 0.29) is 17.9 Å². The molecule has 1 heterocycles. The SMILES string of the molecule is COC(=O)Cc1cc(=O)[nH]c(SC[C@@H]2CC2(Cl)Cl)n1. The molecule has 0 bridgehead atoms. The highest BCUT2D eigenvalue weighted by atomic mass is 35.5. The lowest BCUT2D eigenvalue weighted by atomic mass is 10.3. The number of nitrogens with zero attached hydrogens (tertiary/aromatic N) is 1. The van der Waals surface area contributed by atoms with E-state index < -0.39 is 10.3 Å². The van der Waals surface area contributed by atoms with Gasteiger partial charge >= 0.3 is 5.97 Å². The third-order valence-corrected chi connectivity index (χ3v) is 4.66. The molecule has 19 heavy (non-hydrogen) atoms. The van der Waals surface area contributed by atoms with Crippen LogP contribution in [0, 0.1) is 5.92 Å². The van der Waals surface area contributed by atoms with Gasteiger partial charge in [-0.3, -0.25) is 9.59 Å². The van der Waals surface area contributed by atoms with Crippen LogP contribution >= 0.6 is 35.0 Å². The Hall–Kier alpha value is -0.720. The molecule has 5 nitrogen and oxygen atoms in total. The largest absolute Gasteiger partial charge is 0.469 e. The van der Waals surface area contributed by atoms with E-state index in [9.17, 15) is 9.59 Å².